The fourth-order valence-electron chi connectivity index (χ4n) is 3.68. The molecule has 0 bridgehead atoms. The van der Waals surface area contributed by atoms with Crippen LogP contribution in [0.5, 0.6) is 11.5 Å². The Hall–Kier alpha value is -4.06. The van der Waals surface area contributed by atoms with Gasteiger partial charge in [-0.05, 0) is 66.1 Å². The van der Waals surface area contributed by atoms with Crippen molar-refractivity contribution in [1.82, 2.24) is 0 Å². The second-order valence-corrected chi connectivity index (χ2v) is 7.38. The molecule has 0 aliphatic carbocycles. The van der Waals surface area contributed by atoms with Gasteiger partial charge in [-0.2, -0.15) is 0 Å². The number of amides is 2. The van der Waals surface area contributed by atoms with Crippen molar-refractivity contribution in [2.45, 2.75) is 6.42 Å². The van der Waals surface area contributed by atoms with Crippen molar-refractivity contribution in [3.05, 3.63) is 89.5 Å². The molecule has 3 aromatic rings. The van der Waals surface area contributed by atoms with Gasteiger partial charge in [0, 0.05) is 35.6 Å². The van der Waals surface area contributed by atoms with Crippen LogP contribution in [0.4, 0.5) is 11.4 Å². The van der Waals surface area contributed by atoms with E-state index in [-0.39, 0.29) is 11.8 Å². The van der Waals surface area contributed by atoms with Crippen molar-refractivity contribution in [2.75, 3.05) is 31.0 Å². The number of carbonyl (C=O) groups excluding carboxylic acids is 2. The number of anilines is 2. The summed E-state index contributed by atoms with van der Waals surface area (Å²) in [6.07, 6.45) is 3.99. The molecule has 32 heavy (non-hydrogen) atoms. The summed E-state index contributed by atoms with van der Waals surface area (Å²) in [6, 6.07) is 20.3. The molecular formula is C26H24N2O4. The number of nitrogens with one attached hydrogen (secondary N) is 1. The van der Waals surface area contributed by atoms with E-state index in [0.29, 0.717) is 29.3 Å². The summed E-state index contributed by atoms with van der Waals surface area (Å²) in [5.74, 6) is 0.967. The lowest BCUT2D eigenvalue weighted by atomic mass is 10.1. The summed E-state index contributed by atoms with van der Waals surface area (Å²) in [6.45, 7) is 0.677. The second kappa shape index (κ2) is 9.39. The molecule has 0 spiro atoms. The standard InChI is InChI=1S/C26H24N2O4/c1-31-22-15-18(16-23(17-22)32-2)7-12-25(29)27-21-10-8-20(9-11-21)26(30)28-14-13-19-5-3-4-6-24(19)28/h3-12,15-17H,13-14H2,1-2H3,(H,27,29)/b12-7+. The van der Waals surface area contributed by atoms with Gasteiger partial charge >= 0.3 is 0 Å². The first-order valence-electron chi connectivity index (χ1n) is 10.3. The summed E-state index contributed by atoms with van der Waals surface area (Å²) >= 11 is 0. The van der Waals surface area contributed by atoms with E-state index in [0.717, 1.165) is 17.7 Å². The molecule has 3 aromatic carbocycles. The minimum absolute atomic E-state index is 0.0419. The van der Waals surface area contributed by atoms with E-state index in [4.69, 9.17) is 9.47 Å². The number of hydrogen-bond acceptors (Lipinski definition) is 4. The maximum Gasteiger partial charge on any atom is 0.258 e. The topological polar surface area (TPSA) is 67.9 Å². The lowest BCUT2D eigenvalue weighted by Crippen LogP contribution is -2.28. The molecule has 0 radical (unpaired) electrons. The van der Waals surface area contributed by atoms with Gasteiger partial charge in [0.05, 0.1) is 14.2 Å². The molecule has 2 amide bonds. The van der Waals surface area contributed by atoms with E-state index in [1.807, 2.05) is 30.3 Å². The van der Waals surface area contributed by atoms with Gasteiger partial charge in [-0.3, -0.25) is 9.59 Å². The maximum atomic E-state index is 12.9. The molecule has 4 rings (SSSR count). The molecule has 0 saturated carbocycles. The normalized spacial score (nSPS) is 12.5. The van der Waals surface area contributed by atoms with Gasteiger partial charge in [0.25, 0.3) is 5.91 Å². The zero-order chi connectivity index (χ0) is 22.5. The van der Waals surface area contributed by atoms with Gasteiger partial charge in [-0.25, -0.2) is 0 Å². The van der Waals surface area contributed by atoms with E-state index < -0.39 is 0 Å². The number of para-hydroxylation sites is 1. The minimum Gasteiger partial charge on any atom is -0.497 e. The third kappa shape index (κ3) is 4.64. The van der Waals surface area contributed by atoms with Crippen molar-refractivity contribution in [1.29, 1.82) is 0 Å². The Morgan fingerprint density at radius 1 is 0.938 bits per heavy atom. The summed E-state index contributed by atoms with van der Waals surface area (Å²) < 4.78 is 10.5. The van der Waals surface area contributed by atoms with Crippen molar-refractivity contribution >= 4 is 29.3 Å². The molecule has 0 saturated heterocycles. The Kier molecular flexibility index (Phi) is 6.22. The molecular weight excluding hydrogens is 404 g/mol. The fourth-order valence-corrected chi connectivity index (χ4v) is 3.68. The minimum atomic E-state index is -0.278. The highest BCUT2D eigenvalue weighted by Gasteiger charge is 2.24. The zero-order valence-electron chi connectivity index (χ0n) is 18.0. The number of benzene rings is 3. The number of rotatable bonds is 6. The van der Waals surface area contributed by atoms with Crippen LogP contribution in [0, 0.1) is 0 Å². The molecule has 1 aliphatic heterocycles. The van der Waals surface area contributed by atoms with Crippen molar-refractivity contribution in [3.8, 4) is 11.5 Å². The molecule has 0 aromatic heterocycles. The van der Waals surface area contributed by atoms with Crippen LogP contribution in [0.25, 0.3) is 6.08 Å². The van der Waals surface area contributed by atoms with Crippen LogP contribution < -0.4 is 19.7 Å². The number of fused-ring (bicyclic) bond motifs is 1. The molecule has 0 fully saturated rings. The van der Waals surface area contributed by atoms with Gasteiger partial charge in [0.15, 0.2) is 0 Å². The molecule has 1 N–H and O–H groups in total. The number of ether oxygens (including phenoxy) is 2. The summed E-state index contributed by atoms with van der Waals surface area (Å²) in [4.78, 5) is 27.0. The average Bonchev–Trinajstić information content (AvgIpc) is 3.26. The third-order valence-corrected chi connectivity index (χ3v) is 5.33. The van der Waals surface area contributed by atoms with Crippen LogP contribution in [-0.4, -0.2) is 32.6 Å². The Morgan fingerprint density at radius 3 is 2.31 bits per heavy atom. The van der Waals surface area contributed by atoms with Gasteiger partial charge < -0.3 is 19.7 Å². The Bertz CT molecular complexity index is 1150. The largest absolute Gasteiger partial charge is 0.497 e. The maximum absolute atomic E-state index is 12.9. The highest BCUT2D eigenvalue weighted by molar-refractivity contribution is 6.08. The molecule has 0 unspecified atom stereocenters. The van der Waals surface area contributed by atoms with Crippen LogP contribution in [0.3, 0.4) is 0 Å². The van der Waals surface area contributed by atoms with Gasteiger partial charge in [0.2, 0.25) is 5.91 Å². The highest BCUT2D eigenvalue weighted by atomic mass is 16.5. The Morgan fingerprint density at radius 2 is 1.62 bits per heavy atom. The lowest BCUT2D eigenvalue weighted by Gasteiger charge is -2.17. The smallest absolute Gasteiger partial charge is 0.258 e. The Balaban J connectivity index is 1.40. The number of methoxy groups -OCH3 is 2. The van der Waals surface area contributed by atoms with Gasteiger partial charge in [-0.15, -0.1) is 0 Å². The third-order valence-electron chi connectivity index (χ3n) is 5.33. The van der Waals surface area contributed by atoms with Crippen LogP contribution in [0.2, 0.25) is 0 Å². The first-order chi connectivity index (χ1) is 15.6. The molecule has 0 atom stereocenters. The number of carbonyl (C=O) groups is 2. The van der Waals surface area contributed by atoms with E-state index in [1.54, 1.807) is 55.5 Å². The fraction of sp³-hybridized carbons (Fsp3) is 0.154. The predicted octanol–water partition coefficient (Wildman–Crippen LogP) is 4.56. The van der Waals surface area contributed by atoms with Crippen LogP contribution in [0.15, 0.2) is 72.8 Å². The molecule has 6 nitrogen and oxygen atoms in total. The monoisotopic (exact) mass is 428 g/mol. The molecule has 162 valence electrons. The van der Waals surface area contributed by atoms with Crippen LogP contribution >= 0.6 is 0 Å². The van der Waals surface area contributed by atoms with Crippen LogP contribution in [0.1, 0.15) is 21.5 Å². The van der Waals surface area contributed by atoms with Crippen LogP contribution in [-0.2, 0) is 11.2 Å². The van der Waals surface area contributed by atoms with E-state index in [9.17, 15) is 9.59 Å². The van der Waals surface area contributed by atoms with Gasteiger partial charge in [-0.1, -0.05) is 18.2 Å². The van der Waals surface area contributed by atoms with Crippen molar-refractivity contribution < 1.29 is 19.1 Å². The molecule has 6 heteroatoms. The second-order valence-electron chi connectivity index (χ2n) is 7.38. The zero-order valence-corrected chi connectivity index (χ0v) is 18.0. The average molecular weight is 428 g/mol. The summed E-state index contributed by atoms with van der Waals surface area (Å²) in [5, 5.41) is 2.81. The first kappa shape index (κ1) is 21.2. The summed E-state index contributed by atoms with van der Waals surface area (Å²) in [7, 11) is 3.15. The first-order valence-corrected chi connectivity index (χ1v) is 10.3. The number of nitrogens with zero attached hydrogens (tertiary/aromatic N) is 1. The van der Waals surface area contributed by atoms with Crippen molar-refractivity contribution in [3.63, 3.8) is 0 Å². The van der Waals surface area contributed by atoms with E-state index in [1.165, 1.54) is 11.6 Å². The van der Waals surface area contributed by atoms with Gasteiger partial charge in [0.1, 0.15) is 11.5 Å². The molecule has 1 heterocycles. The van der Waals surface area contributed by atoms with E-state index in [2.05, 4.69) is 11.4 Å². The molecule has 1 aliphatic rings. The Labute approximate surface area is 187 Å². The number of hydrogen-bond donors (Lipinski definition) is 1. The quantitative estimate of drug-likeness (QED) is 0.585. The SMILES string of the molecule is COc1cc(/C=C/C(=O)Nc2ccc(C(=O)N3CCc4ccccc43)cc2)cc(OC)c1. The van der Waals surface area contributed by atoms with Crippen molar-refractivity contribution in [2.24, 2.45) is 0 Å². The lowest BCUT2D eigenvalue weighted by molar-refractivity contribution is -0.111. The highest BCUT2D eigenvalue weighted by Crippen LogP contribution is 2.29. The predicted molar refractivity (Wildman–Crippen MR) is 125 cm³/mol. The summed E-state index contributed by atoms with van der Waals surface area (Å²) in [5.41, 5.74) is 4.13. The van der Waals surface area contributed by atoms with E-state index >= 15 is 0 Å².